The molecule has 3 heteroatoms. The monoisotopic (exact) mass is 234 g/mol. The van der Waals surface area contributed by atoms with Crippen LogP contribution in [0.4, 0.5) is 0 Å². The van der Waals surface area contributed by atoms with Crippen molar-refractivity contribution in [1.82, 2.24) is 5.32 Å². The van der Waals surface area contributed by atoms with E-state index in [-0.39, 0.29) is 11.9 Å². The summed E-state index contributed by atoms with van der Waals surface area (Å²) in [5.41, 5.74) is 8.90. The minimum Gasteiger partial charge on any atom is -0.370 e. The number of hydrogen-bond donors (Lipinski definition) is 2. The molecule has 1 aromatic rings. The van der Waals surface area contributed by atoms with Crippen LogP contribution in [0.2, 0.25) is 0 Å². The third-order valence-corrected chi connectivity index (χ3v) is 2.86. The first-order valence-corrected chi connectivity index (χ1v) is 6.13. The summed E-state index contributed by atoms with van der Waals surface area (Å²) in [5, 5.41) is 3.38. The molecule has 3 N–H and O–H groups in total. The number of carbonyl (C=O) groups is 1. The highest BCUT2D eigenvalue weighted by Crippen LogP contribution is 2.22. The molecule has 0 radical (unpaired) electrons. The summed E-state index contributed by atoms with van der Waals surface area (Å²) >= 11 is 0. The van der Waals surface area contributed by atoms with Gasteiger partial charge in [0, 0.05) is 12.5 Å². The number of rotatable bonds is 6. The molecule has 94 valence electrons. The Morgan fingerprint density at radius 1 is 1.41 bits per heavy atom. The number of primary amides is 1. The predicted octanol–water partition coefficient (Wildman–Crippen LogP) is 2.22. The van der Waals surface area contributed by atoms with E-state index in [1.807, 2.05) is 0 Å². The summed E-state index contributed by atoms with van der Waals surface area (Å²) in [6.07, 6.45) is 1.39. The minimum atomic E-state index is -0.264. The third-order valence-electron chi connectivity index (χ3n) is 2.86. The Bertz CT molecular complexity index is 388. The highest BCUT2D eigenvalue weighted by molar-refractivity contribution is 5.74. The van der Waals surface area contributed by atoms with Gasteiger partial charge in [-0.2, -0.15) is 0 Å². The molecule has 1 unspecified atom stereocenters. The Morgan fingerprint density at radius 2 is 2.12 bits per heavy atom. The zero-order valence-corrected chi connectivity index (χ0v) is 10.9. The van der Waals surface area contributed by atoms with Gasteiger partial charge < -0.3 is 11.1 Å². The molecule has 17 heavy (non-hydrogen) atoms. The molecular formula is C14H22N2O. The number of nitrogens with one attached hydrogen (secondary N) is 1. The lowest BCUT2D eigenvalue weighted by Gasteiger charge is -2.20. The van der Waals surface area contributed by atoms with Crippen LogP contribution in [0.3, 0.4) is 0 Å². The second kappa shape index (κ2) is 6.40. The Morgan fingerprint density at radius 3 is 2.71 bits per heavy atom. The first-order valence-electron chi connectivity index (χ1n) is 6.13. The van der Waals surface area contributed by atoms with Crippen LogP contribution in [0.1, 0.15) is 42.5 Å². The molecule has 0 spiro atoms. The first kappa shape index (κ1) is 13.7. The average Bonchev–Trinajstić information content (AvgIpc) is 2.27. The SMILES string of the molecule is CCCNC(CC(N)=O)c1cc(C)ccc1C. The number of amides is 1. The summed E-state index contributed by atoms with van der Waals surface area (Å²) < 4.78 is 0. The molecule has 0 bridgehead atoms. The van der Waals surface area contributed by atoms with Gasteiger partial charge in [0.2, 0.25) is 5.91 Å². The molecule has 0 fully saturated rings. The predicted molar refractivity (Wildman–Crippen MR) is 70.8 cm³/mol. The highest BCUT2D eigenvalue weighted by Gasteiger charge is 2.15. The topological polar surface area (TPSA) is 55.1 Å². The van der Waals surface area contributed by atoms with Crippen LogP contribution in [0, 0.1) is 13.8 Å². The van der Waals surface area contributed by atoms with E-state index in [0.717, 1.165) is 13.0 Å². The van der Waals surface area contributed by atoms with Crippen molar-refractivity contribution in [1.29, 1.82) is 0 Å². The van der Waals surface area contributed by atoms with Crippen molar-refractivity contribution >= 4 is 5.91 Å². The van der Waals surface area contributed by atoms with Crippen LogP contribution in [-0.2, 0) is 4.79 Å². The molecule has 0 aliphatic carbocycles. The van der Waals surface area contributed by atoms with E-state index < -0.39 is 0 Å². The average molecular weight is 234 g/mol. The maximum Gasteiger partial charge on any atom is 0.219 e. The number of hydrogen-bond acceptors (Lipinski definition) is 2. The van der Waals surface area contributed by atoms with Crippen LogP contribution in [-0.4, -0.2) is 12.5 Å². The molecule has 0 saturated heterocycles. The van der Waals surface area contributed by atoms with Gasteiger partial charge in [-0.25, -0.2) is 0 Å². The summed E-state index contributed by atoms with van der Waals surface area (Å²) in [7, 11) is 0. The normalized spacial score (nSPS) is 12.4. The van der Waals surface area contributed by atoms with Crippen LogP contribution in [0.15, 0.2) is 18.2 Å². The molecule has 0 heterocycles. The van der Waals surface area contributed by atoms with E-state index in [2.05, 4.69) is 44.3 Å². The van der Waals surface area contributed by atoms with E-state index in [1.54, 1.807) is 0 Å². The molecule has 1 aromatic carbocycles. The highest BCUT2D eigenvalue weighted by atomic mass is 16.1. The van der Waals surface area contributed by atoms with Gasteiger partial charge in [-0.1, -0.05) is 30.7 Å². The van der Waals surface area contributed by atoms with Crippen LogP contribution in [0.25, 0.3) is 0 Å². The fraction of sp³-hybridized carbons (Fsp3) is 0.500. The van der Waals surface area contributed by atoms with Gasteiger partial charge in [0.05, 0.1) is 0 Å². The van der Waals surface area contributed by atoms with Crippen LogP contribution in [0.5, 0.6) is 0 Å². The summed E-state index contributed by atoms with van der Waals surface area (Å²) in [6, 6.07) is 6.34. The standard InChI is InChI=1S/C14H22N2O/c1-4-7-16-13(9-14(15)17)12-8-10(2)5-6-11(12)3/h5-6,8,13,16H,4,7,9H2,1-3H3,(H2,15,17). The molecule has 1 rings (SSSR count). The van der Waals surface area contributed by atoms with Crippen LogP contribution < -0.4 is 11.1 Å². The number of benzene rings is 1. The maximum atomic E-state index is 11.1. The van der Waals surface area contributed by atoms with Crippen molar-refractivity contribution in [3.05, 3.63) is 34.9 Å². The maximum absolute atomic E-state index is 11.1. The first-order chi connectivity index (χ1) is 8.04. The Labute approximate surface area is 103 Å². The fourth-order valence-electron chi connectivity index (χ4n) is 1.95. The quantitative estimate of drug-likeness (QED) is 0.793. The molecular weight excluding hydrogens is 212 g/mol. The number of aryl methyl sites for hydroxylation is 2. The van der Waals surface area contributed by atoms with Crippen molar-refractivity contribution in [3.63, 3.8) is 0 Å². The van der Waals surface area contributed by atoms with Gasteiger partial charge in [0.1, 0.15) is 0 Å². The molecule has 3 nitrogen and oxygen atoms in total. The van der Waals surface area contributed by atoms with Crippen molar-refractivity contribution in [2.24, 2.45) is 5.73 Å². The van der Waals surface area contributed by atoms with Gasteiger partial charge >= 0.3 is 0 Å². The number of carbonyl (C=O) groups excluding carboxylic acids is 1. The molecule has 0 aliphatic rings. The second-order valence-electron chi connectivity index (χ2n) is 4.54. The van der Waals surface area contributed by atoms with Gasteiger partial charge in [0.15, 0.2) is 0 Å². The lowest BCUT2D eigenvalue weighted by atomic mass is 9.96. The number of nitrogens with two attached hydrogens (primary N) is 1. The largest absolute Gasteiger partial charge is 0.370 e. The van der Waals surface area contributed by atoms with Gasteiger partial charge in [-0.3, -0.25) is 4.79 Å². The van der Waals surface area contributed by atoms with E-state index in [9.17, 15) is 4.79 Å². The van der Waals surface area contributed by atoms with Gasteiger partial charge in [-0.15, -0.1) is 0 Å². The third kappa shape index (κ3) is 4.19. The van der Waals surface area contributed by atoms with Crippen molar-refractivity contribution < 1.29 is 4.79 Å². The van der Waals surface area contributed by atoms with Crippen molar-refractivity contribution in [2.45, 2.75) is 39.7 Å². The Balaban J connectivity index is 2.93. The minimum absolute atomic E-state index is 0.0346. The van der Waals surface area contributed by atoms with E-state index >= 15 is 0 Å². The summed E-state index contributed by atoms with van der Waals surface area (Å²) in [4.78, 5) is 11.1. The van der Waals surface area contributed by atoms with Crippen molar-refractivity contribution in [3.8, 4) is 0 Å². The smallest absolute Gasteiger partial charge is 0.219 e. The second-order valence-corrected chi connectivity index (χ2v) is 4.54. The molecule has 1 atom stereocenters. The molecule has 0 aromatic heterocycles. The van der Waals surface area contributed by atoms with E-state index in [1.165, 1.54) is 16.7 Å². The van der Waals surface area contributed by atoms with E-state index in [4.69, 9.17) is 5.73 Å². The van der Waals surface area contributed by atoms with Crippen LogP contribution >= 0.6 is 0 Å². The Kier molecular flexibility index (Phi) is 5.16. The van der Waals surface area contributed by atoms with Crippen molar-refractivity contribution in [2.75, 3.05) is 6.54 Å². The molecule has 1 amide bonds. The summed E-state index contributed by atoms with van der Waals surface area (Å²) in [5.74, 6) is -0.264. The lowest BCUT2D eigenvalue weighted by molar-refractivity contribution is -0.118. The summed E-state index contributed by atoms with van der Waals surface area (Å²) in [6.45, 7) is 7.13. The fourth-order valence-corrected chi connectivity index (χ4v) is 1.95. The van der Waals surface area contributed by atoms with E-state index in [0.29, 0.717) is 6.42 Å². The Hall–Kier alpha value is -1.35. The zero-order chi connectivity index (χ0) is 12.8. The zero-order valence-electron chi connectivity index (χ0n) is 10.9. The van der Waals surface area contributed by atoms with Gasteiger partial charge in [0.25, 0.3) is 0 Å². The van der Waals surface area contributed by atoms with Gasteiger partial charge in [-0.05, 0) is 37.9 Å². The molecule has 0 aliphatic heterocycles. The lowest BCUT2D eigenvalue weighted by Crippen LogP contribution is -2.27. The molecule has 0 saturated carbocycles.